The summed E-state index contributed by atoms with van der Waals surface area (Å²) in [6, 6.07) is 0. The SMILES string of the molecule is CCC(CC)(C(=O)NCC1(OC)CCOC1)C(N)=NO. The zero-order valence-electron chi connectivity index (χ0n) is 12.4. The molecule has 0 bridgehead atoms. The van der Waals surface area contributed by atoms with Crippen molar-refractivity contribution in [2.24, 2.45) is 16.3 Å². The Kier molecular flexibility index (Phi) is 5.76. The minimum atomic E-state index is -0.983. The summed E-state index contributed by atoms with van der Waals surface area (Å²) in [6.07, 6.45) is 1.65. The van der Waals surface area contributed by atoms with Crippen LogP contribution in [0.5, 0.6) is 0 Å². The highest BCUT2D eigenvalue weighted by atomic mass is 16.5. The fraction of sp³-hybridized carbons (Fsp3) is 0.846. The third-order valence-electron chi connectivity index (χ3n) is 4.31. The first-order chi connectivity index (χ1) is 9.50. The van der Waals surface area contributed by atoms with Gasteiger partial charge in [0.1, 0.15) is 11.0 Å². The maximum Gasteiger partial charge on any atom is 0.234 e. The van der Waals surface area contributed by atoms with Crippen molar-refractivity contribution in [2.45, 2.75) is 38.7 Å². The predicted molar refractivity (Wildman–Crippen MR) is 74.6 cm³/mol. The van der Waals surface area contributed by atoms with Crippen molar-refractivity contribution in [3.63, 3.8) is 0 Å². The van der Waals surface area contributed by atoms with Gasteiger partial charge in [-0.05, 0) is 12.8 Å². The number of nitrogens with two attached hydrogens (primary N) is 1. The Morgan fingerprint density at radius 3 is 2.60 bits per heavy atom. The highest BCUT2D eigenvalue weighted by Gasteiger charge is 2.42. The first-order valence-corrected chi connectivity index (χ1v) is 6.89. The summed E-state index contributed by atoms with van der Waals surface area (Å²) in [7, 11) is 1.61. The number of carbonyl (C=O) groups is 1. The number of carbonyl (C=O) groups excluding carboxylic acids is 1. The standard InChI is InChI=1S/C13H25N3O4/c1-4-13(5-2,10(14)16-18)11(17)15-8-12(19-3)6-7-20-9-12/h18H,4-9H2,1-3H3,(H2,14,16)(H,15,17). The molecule has 1 atom stereocenters. The number of methoxy groups -OCH3 is 1. The van der Waals surface area contributed by atoms with Crippen LogP contribution in [0.4, 0.5) is 0 Å². The van der Waals surface area contributed by atoms with Gasteiger partial charge in [-0.1, -0.05) is 19.0 Å². The molecule has 1 aliphatic heterocycles. The van der Waals surface area contributed by atoms with E-state index in [1.165, 1.54) is 0 Å². The Labute approximate surface area is 119 Å². The van der Waals surface area contributed by atoms with Crippen molar-refractivity contribution < 1.29 is 19.5 Å². The number of rotatable bonds is 7. The topological polar surface area (TPSA) is 106 Å². The van der Waals surface area contributed by atoms with Gasteiger partial charge in [-0.15, -0.1) is 0 Å². The lowest BCUT2D eigenvalue weighted by Crippen LogP contribution is -2.53. The van der Waals surface area contributed by atoms with Crippen LogP contribution < -0.4 is 11.1 Å². The number of ether oxygens (including phenoxy) is 2. The van der Waals surface area contributed by atoms with Crippen molar-refractivity contribution in [1.82, 2.24) is 5.32 Å². The Hall–Kier alpha value is -1.34. The summed E-state index contributed by atoms with van der Waals surface area (Å²) in [4.78, 5) is 12.5. The molecule has 1 aliphatic rings. The Morgan fingerprint density at radius 2 is 2.20 bits per heavy atom. The molecule has 7 heteroatoms. The summed E-state index contributed by atoms with van der Waals surface area (Å²) in [5.41, 5.74) is 4.25. The number of nitrogens with zero attached hydrogens (tertiary/aromatic N) is 1. The van der Waals surface area contributed by atoms with Crippen LogP contribution in [0.15, 0.2) is 5.16 Å². The van der Waals surface area contributed by atoms with E-state index in [1.54, 1.807) is 7.11 Å². The maximum absolute atomic E-state index is 12.5. The van der Waals surface area contributed by atoms with Gasteiger partial charge in [0.15, 0.2) is 5.84 Å². The van der Waals surface area contributed by atoms with E-state index in [-0.39, 0.29) is 11.7 Å². The van der Waals surface area contributed by atoms with Crippen molar-refractivity contribution in [3.8, 4) is 0 Å². The second-order valence-electron chi connectivity index (χ2n) is 5.15. The minimum absolute atomic E-state index is 0.0610. The number of hydrogen-bond acceptors (Lipinski definition) is 5. The van der Waals surface area contributed by atoms with Gasteiger partial charge in [0.2, 0.25) is 5.91 Å². The first-order valence-electron chi connectivity index (χ1n) is 6.89. The van der Waals surface area contributed by atoms with E-state index in [1.807, 2.05) is 13.8 Å². The Bertz CT molecular complexity index is 361. The summed E-state index contributed by atoms with van der Waals surface area (Å²) < 4.78 is 10.8. The maximum atomic E-state index is 12.5. The van der Waals surface area contributed by atoms with E-state index in [0.29, 0.717) is 32.6 Å². The normalized spacial score (nSPS) is 23.9. The predicted octanol–water partition coefficient (Wildman–Crippen LogP) is 0.461. The molecule has 0 aliphatic carbocycles. The van der Waals surface area contributed by atoms with Crippen LogP contribution in [0.25, 0.3) is 0 Å². The van der Waals surface area contributed by atoms with Gasteiger partial charge in [0.05, 0.1) is 6.61 Å². The number of hydrogen-bond donors (Lipinski definition) is 3. The van der Waals surface area contributed by atoms with Crippen LogP contribution >= 0.6 is 0 Å². The van der Waals surface area contributed by atoms with E-state index in [2.05, 4.69) is 10.5 Å². The molecule has 4 N–H and O–H groups in total. The number of oxime groups is 1. The average molecular weight is 287 g/mol. The first kappa shape index (κ1) is 16.7. The highest BCUT2D eigenvalue weighted by molar-refractivity contribution is 6.06. The molecule has 0 spiro atoms. The summed E-state index contributed by atoms with van der Waals surface area (Å²) in [5.74, 6) is -0.310. The summed E-state index contributed by atoms with van der Waals surface area (Å²) in [6.45, 7) is 5.11. The smallest absolute Gasteiger partial charge is 0.234 e. The molecular formula is C13H25N3O4. The lowest BCUT2D eigenvalue weighted by molar-refractivity contribution is -0.129. The second-order valence-corrected chi connectivity index (χ2v) is 5.15. The van der Waals surface area contributed by atoms with E-state index in [0.717, 1.165) is 6.42 Å². The van der Waals surface area contributed by atoms with Crippen LogP contribution in [0.2, 0.25) is 0 Å². The molecule has 0 aromatic rings. The zero-order valence-corrected chi connectivity index (χ0v) is 12.4. The molecule has 1 amide bonds. The molecular weight excluding hydrogens is 262 g/mol. The Morgan fingerprint density at radius 1 is 1.55 bits per heavy atom. The van der Waals surface area contributed by atoms with Crippen LogP contribution in [-0.4, -0.2) is 49.4 Å². The minimum Gasteiger partial charge on any atom is -0.409 e. The van der Waals surface area contributed by atoms with Crippen molar-refractivity contribution >= 4 is 11.7 Å². The lowest BCUT2D eigenvalue weighted by atomic mass is 9.80. The summed E-state index contributed by atoms with van der Waals surface area (Å²) >= 11 is 0. The quantitative estimate of drug-likeness (QED) is 0.273. The van der Waals surface area contributed by atoms with Gasteiger partial charge in [-0.25, -0.2) is 0 Å². The fourth-order valence-electron chi connectivity index (χ4n) is 2.52. The molecule has 0 radical (unpaired) electrons. The van der Waals surface area contributed by atoms with Crippen molar-refractivity contribution in [2.75, 3.05) is 26.9 Å². The number of amides is 1. The van der Waals surface area contributed by atoms with Gasteiger partial charge >= 0.3 is 0 Å². The molecule has 20 heavy (non-hydrogen) atoms. The van der Waals surface area contributed by atoms with Gasteiger partial charge in [0, 0.05) is 26.7 Å². The van der Waals surface area contributed by atoms with E-state index >= 15 is 0 Å². The largest absolute Gasteiger partial charge is 0.409 e. The fourth-order valence-corrected chi connectivity index (χ4v) is 2.52. The van der Waals surface area contributed by atoms with Crippen LogP contribution in [0, 0.1) is 5.41 Å². The monoisotopic (exact) mass is 287 g/mol. The second kappa shape index (κ2) is 6.90. The third-order valence-corrected chi connectivity index (χ3v) is 4.31. The zero-order chi connectivity index (χ0) is 15.2. The molecule has 0 aromatic carbocycles. The van der Waals surface area contributed by atoms with E-state index < -0.39 is 11.0 Å². The molecule has 0 saturated carbocycles. The van der Waals surface area contributed by atoms with Gasteiger partial charge in [-0.2, -0.15) is 0 Å². The Balaban J connectivity index is 2.77. The summed E-state index contributed by atoms with van der Waals surface area (Å²) in [5, 5.41) is 14.8. The lowest BCUT2D eigenvalue weighted by Gasteiger charge is -2.32. The van der Waals surface area contributed by atoms with Crippen molar-refractivity contribution in [1.29, 1.82) is 0 Å². The van der Waals surface area contributed by atoms with Gasteiger partial charge < -0.3 is 25.7 Å². The molecule has 7 nitrogen and oxygen atoms in total. The molecule has 1 rings (SSSR count). The molecule has 1 heterocycles. The molecule has 1 saturated heterocycles. The van der Waals surface area contributed by atoms with E-state index in [9.17, 15) is 4.79 Å². The molecule has 1 unspecified atom stereocenters. The van der Waals surface area contributed by atoms with Crippen molar-refractivity contribution in [3.05, 3.63) is 0 Å². The molecule has 116 valence electrons. The number of nitrogens with one attached hydrogen (secondary N) is 1. The van der Waals surface area contributed by atoms with Crippen LogP contribution in [0.1, 0.15) is 33.1 Å². The van der Waals surface area contributed by atoms with E-state index in [4.69, 9.17) is 20.4 Å². The molecule has 1 fully saturated rings. The number of amidine groups is 1. The molecule has 0 aromatic heterocycles. The van der Waals surface area contributed by atoms with Crippen LogP contribution in [-0.2, 0) is 14.3 Å². The third kappa shape index (κ3) is 3.04. The van der Waals surface area contributed by atoms with Crippen LogP contribution in [0.3, 0.4) is 0 Å². The van der Waals surface area contributed by atoms with Gasteiger partial charge in [-0.3, -0.25) is 4.79 Å². The highest BCUT2D eigenvalue weighted by Crippen LogP contribution is 2.28. The average Bonchev–Trinajstić information content (AvgIpc) is 2.96. The van der Waals surface area contributed by atoms with Gasteiger partial charge in [0.25, 0.3) is 0 Å².